The SMILES string of the molecule is CC(=O)Nc1c(I)c(NC(=O)CO)c(I)c(C(=O)O)c1I.O.O. The van der Waals surface area contributed by atoms with Crippen molar-refractivity contribution in [3.63, 3.8) is 0 Å². The summed E-state index contributed by atoms with van der Waals surface area (Å²) in [5.41, 5.74) is 0.542. The van der Waals surface area contributed by atoms with Crippen LogP contribution in [0, 0.1) is 10.7 Å². The first-order valence-electron chi connectivity index (χ1n) is 5.32. The molecular weight excluding hydrogens is 653 g/mol. The number of aliphatic hydroxyl groups is 1. The lowest BCUT2D eigenvalue weighted by atomic mass is 10.1. The van der Waals surface area contributed by atoms with Gasteiger partial charge in [-0.15, -0.1) is 0 Å². The third kappa shape index (κ3) is 5.93. The number of benzene rings is 1. The largest absolute Gasteiger partial charge is 0.478 e. The molecule has 0 aliphatic rings. The van der Waals surface area contributed by atoms with Crippen LogP contribution in [0.1, 0.15) is 17.3 Å². The Hall–Kier alpha value is -0.300. The Kier molecular flexibility index (Phi) is 11.4. The molecule has 0 saturated carbocycles. The van der Waals surface area contributed by atoms with E-state index in [9.17, 15) is 19.5 Å². The number of carboxylic acid groups (broad SMARTS) is 1. The Labute approximate surface area is 171 Å². The summed E-state index contributed by atoms with van der Waals surface area (Å²) in [6, 6.07) is 0. The smallest absolute Gasteiger partial charge is 0.338 e. The predicted molar refractivity (Wildman–Crippen MR) is 109 cm³/mol. The molecule has 1 aromatic rings. The summed E-state index contributed by atoms with van der Waals surface area (Å²) >= 11 is 5.54. The van der Waals surface area contributed by atoms with E-state index in [1.807, 2.05) is 67.8 Å². The first-order valence-corrected chi connectivity index (χ1v) is 8.56. The van der Waals surface area contributed by atoms with E-state index in [0.717, 1.165) is 0 Å². The Morgan fingerprint density at radius 2 is 1.39 bits per heavy atom. The van der Waals surface area contributed by atoms with Crippen molar-refractivity contribution in [1.29, 1.82) is 0 Å². The monoisotopic (exact) mass is 666 g/mol. The average Bonchev–Trinajstić information content (AvgIpc) is 2.38. The summed E-state index contributed by atoms with van der Waals surface area (Å²) in [4.78, 5) is 34.1. The normalized spacial score (nSPS) is 9.26. The van der Waals surface area contributed by atoms with E-state index in [1.165, 1.54) is 6.92 Å². The minimum atomic E-state index is -1.17. The van der Waals surface area contributed by atoms with Crippen LogP contribution in [0.3, 0.4) is 0 Å². The van der Waals surface area contributed by atoms with Gasteiger partial charge in [0, 0.05) is 6.92 Å². The Bertz CT molecular complexity index is 637. The van der Waals surface area contributed by atoms with Crippen LogP contribution < -0.4 is 10.6 Å². The fourth-order valence-corrected chi connectivity index (χ4v) is 5.59. The number of carboxylic acids is 1. The number of nitrogens with one attached hydrogen (secondary N) is 2. The highest BCUT2D eigenvalue weighted by Crippen LogP contribution is 2.38. The molecule has 0 heterocycles. The lowest BCUT2D eigenvalue weighted by Crippen LogP contribution is -2.21. The second-order valence-corrected chi connectivity index (χ2v) is 7.00. The zero-order chi connectivity index (χ0) is 16.3. The Balaban J connectivity index is 0. The van der Waals surface area contributed by atoms with Crippen molar-refractivity contribution >= 4 is 96.9 Å². The number of anilines is 2. The van der Waals surface area contributed by atoms with Crippen LogP contribution in [0.4, 0.5) is 11.4 Å². The molecule has 12 heteroatoms. The molecule has 1 rings (SSSR count). The maximum absolute atomic E-state index is 11.4. The molecule has 1 aromatic carbocycles. The third-order valence-electron chi connectivity index (χ3n) is 2.24. The van der Waals surface area contributed by atoms with Crippen LogP contribution in [-0.2, 0) is 9.59 Å². The van der Waals surface area contributed by atoms with Gasteiger partial charge in [-0.1, -0.05) is 0 Å². The zero-order valence-electron chi connectivity index (χ0n) is 11.5. The summed E-state index contributed by atoms with van der Waals surface area (Å²) in [5.74, 6) is -2.20. The van der Waals surface area contributed by atoms with E-state index < -0.39 is 18.5 Å². The molecule has 2 amide bonds. The fourth-order valence-electron chi connectivity index (χ4n) is 1.43. The highest BCUT2D eigenvalue weighted by atomic mass is 127. The van der Waals surface area contributed by atoms with E-state index in [-0.39, 0.29) is 28.1 Å². The average molecular weight is 666 g/mol. The molecule has 23 heavy (non-hydrogen) atoms. The maximum Gasteiger partial charge on any atom is 0.338 e. The van der Waals surface area contributed by atoms with Gasteiger partial charge in [0.15, 0.2) is 0 Å². The lowest BCUT2D eigenvalue weighted by molar-refractivity contribution is -0.118. The molecule has 0 aliphatic carbocycles. The van der Waals surface area contributed by atoms with Crippen LogP contribution in [0.15, 0.2) is 0 Å². The minimum absolute atomic E-state index is 0. The molecule has 130 valence electrons. The molecule has 0 unspecified atom stereocenters. The molecule has 0 radical (unpaired) electrons. The summed E-state index contributed by atoms with van der Waals surface area (Å²) < 4.78 is 1.18. The molecule has 0 saturated heterocycles. The molecule has 9 nitrogen and oxygen atoms in total. The molecule has 8 N–H and O–H groups in total. The number of hydrogen-bond donors (Lipinski definition) is 4. The van der Waals surface area contributed by atoms with Gasteiger partial charge in [0.1, 0.15) is 6.61 Å². The van der Waals surface area contributed by atoms with E-state index in [4.69, 9.17) is 5.11 Å². The highest BCUT2D eigenvalue weighted by Gasteiger charge is 2.25. The molecule has 0 atom stereocenters. The summed E-state index contributed by atoms with van der Waals surface area (Å²) in [6.45, 7) is 0.576. The van der Waals surface area contributed by atoms with Gasteiger partial charge in [-0.2, -0.15) is 0 Å². The second kappa shape index (κ2) is 10.5. The van der Waals surface area contributed by atoms with Crippen molar-refractivity contribution in [2.24, 2.45) is 0 Å². The van der Waals surface area contributed by atoms with Gasteiger partial charge >= 0.3 is 5.97 Å². The number of carbonyl (C=O) groups is 3. The van der Waals surface area contributed by atoms with Gasteiger partial charge in [-0.3, -0.25) is 9.59 Å². The Morgan fingerprint density at radius 3 is 1.74 bits per heavy atom. The second-order valence-electron chi connectivity index (χ2n) is 3.76. The van der Waals surface area contributed by atoms with Crippen molar-refractivity contribution in [3.05, 3.63) is 16.3 Å². The number of halogens is 3. The topological polar surface area (TPSA) is 179 Å². The van der Waals surface area contributed by atoms with E-state index in [2.05, 4.69) is 10.6 Å². The summed E-state index contributed by atoms with van der Waals surface area (Å²) in [7, 11) is 0. The van der Waals surface area contributed by atoms with Crippen LogP contribution in [-0.4, -0.2) is 45.6 Å². The standard InChI is InChI=1S/C11H9I3N2O5.2H2O/c1-3(18)15-9-6(12)5(11(20)21)7(13)10(8(9)14)16-4(19)2-17;;/h17H,2H2,1H3,(H,15,18)(H,16,19)(H,20,21);2*1H2. The highest BCUT2D eigenvalue weighted by molar-refractivity contribution is 14.1. The van der Waals surface area contributed by atoms with E-state index >= 15 is 0 Å². The number of aliphatic hydroxyl groups excluding tert-OH is 1. The van der Waals surface area contributed by atoms with Crippen LogP contribution in [0.25, 0.3) is 0 Å². The summed E-state index contributed by atoms with van der Waals surface area (Å²) in [6.07, 6.45) is 0. The molecule has 0 aliphatic heterocycles. The fraction of sp³-hybridized carbons (Fsp3) is 0.182. The van der Waals surface area contributed by atoms with Crippen molar-refractivity contribution in [2.75, 3.05) is 17.2 Å². The van der Waals surface area contributed by atoms with Crippen LogP contribution in [0.5, 0.6) is 0 Å². The maximum atomic E-state index is 11.4. The number of aromatic carboxylic acids is 1. The predicted octanol–water partition coefficient (Wildman–Crippen LogP) is 0.438. The zero-order valence-corrected chi connectivity index (χ0v) is 17.9. The lowest BCUT2D eigenvalue weighted by Gasteiger charge is -2.18. The van der Waals surface area contributed by atoms with Crippen molar-refractivity contribution in [3.8, 4) is 0 Å². The Morgan fingerprint density at radius 1 is 0.957 bits per heavy atom. The third-order valence-corrected chi connectivity index (χ3v) is 5.48. The number of amides is 2. The van der Waals surface area contributed by atoms with Gasteiger partial charge in [-0.05, 0) is 67.8 Å². The van der Waals surface area contributed by atoms with Crippen molar-refractivity contribution in [1.82, 2.24) is 0 Å². The van der Waals surface area contributed by atoms with Crippen molar-refractivity contribution < 1.29 is 35.5 Å². The molecule has 0 bridgehead atoms. The molecule has 0 aromatic heterocycles. The summed E-state index contributed by atoms with van der Waals surface area (Å²) in [5, 5.41) is 23.1. The molecule has 0 fully saturated rings. The van der Waals surface area contributed by atoms with Gasteiger partial charge in [0.25, 0.3) is 0 Å². The van der Waals surface area contributed by atoms with Gasteiger partial charge in [0.2, 0.25) is 11.8 Å². The number of hydrogen-bond acceptors (Lipinski definition) is 4. The van der Waals surface area contributed by atoms with Gasteiger partial charge < -0.3 is 31.8 Å². The van der Waals surface area contributed by atoms with E-state index in [1.54, 1.807) is 0 Å². The first kappa shape index (κ1) is 24.9. The number of rotatable bonds is 4. The minimum Gasteiger partial charge on any atom is -0.478 e. The molecular formula is C11H13I3N2O7. The first-order chi connectivity index (χ1) is 9.70. The van der Waals surface area contributed by atoms with Gasteiger partial charge in [-0.25, -0.2) is 4.79 Å². The van der Waals surface area contributed by atoms with Crippen LogP contribution in [0.2, 0.25) is 0 Å². The number of carbonyl (C=O) groups excluding carboxylic acids is 2. The quantitative estimate of drug-likeness (QED) is 0.341. The molecule has 0 spiro atoms. The van der Waals surface area contributed by atoms with Crippen molar-refractivity contribution in [2.45, 2.75) is 6.92 Å². The van der Waals surface area contributed by atoms with Crippen LogP contribution >= 0.6 is 67.8 Å². The van der Waals surface area contributed by atoms with E-state index in [0.29, 0.717) is 16.4 Å². The van der Waals surface area contributed by atoms with Gasteiger partial charge in [0.05, 0.1) is 27.6 Å².